The molecule has 0 radical (unpaired) electrons. The largest absolute Gasteiger partial charge is 0.350 e. The number of amides is 1. The van der Waals surface area contributed by atoms with Gasteiger partial charge in [0.2, 0.25) is 5.91 Å². The predicted octanol–water partition coefficient (Wildman–Crippen LogP) is 1.88. The van der Waals surface area contributed by atoms with Crippen molar-refractivity contribution in [2.45, 2.75) is 47.6 Å². The van der Waals surface area contributed by atoms with Crippen LogP contribution in [0.3, 0.4) is 0 Å². The molecule has 1 rings (SSSR count). The molecule has 0 aromatic carbocycles. The first kappa shape index (κ1) is 13.5. The van der Waals surface area contributed by atoms with Gasteiger partial charge in [-0.3, -0.25) is 9.69 Å². The molecule has 94 valence electrons. The zero-order valence-electron chi connectivity index (χ0n) is 11.6. The molecule has 1 saturated heterocycles. The third-order valence-corrected chi connectivity index (χ3v) is 2.67. The lowest BCUT2D eigenvalue weighted by Gasteiger charge is -2.43. The van der Waals surface area contributed by atoms with Gasteiger partial charge in [-0.25, -0.2) is 0 Å². The van der Waals surface area contributed by atoms with Gasteiger partial charge in [0, 0.05) is 25.0 Å². The molecule has 1 aliphatic heterocycles. The molecule has 1 heterocycles. The molecule has 0 atom stereocenters. The Morgan fingerprint density at radius 2 is 1.69 bits per heavy atom. The summed E-state index contributed by atoms with van der Waals surface area (Å²) >= 11 is 0. The molecular weight excluding hydrogens is 200 g/mol. The lowest BCUT2D eigenvalue weighted by atomic mass is 9.92. The van der Waals surface area contributed by atoms with Crippen LogP contribution in [0, 0.1) is 10.8 Å². The second-order valence-corrected chi connectivity index (χ2v) is 7.18. The zero-order chi connectivity index (χ0) is 12.6. The minimum absolute atomic E-state index is 0.160. The van der Waals surface area contributed by atoms with Gasteiger partial charge in [-0.2, -0.15) is 0 Å². The highest BCUT2D eigenvalue weighted by Crippen LogP contribution is 2.20. The summed E-state index contributed by atoms with van der Waals surface area (Å²) in [7, 11) is 0. The third-order valence-electron chi connectivity index (χ3n) is 2.67. The van der Waals surface area contributed by atoms with E-state index in [-0.39, 0.29) is 11.3 Å². The van der Waals surface area contributed by atoms with Gasteiger partial charge >= 0.3 is 0 Å². The van der Waals surface area contributed by atoms with Crippen LogP contribution in [0.1, 0.15) is 41.5 Å². The molecule has 0 aromatic rings. The van der Waals surface area contributed by atoms with Crippen LogP contribution in [0.2, 0.25) is 0 Å². The van der Waals surface area contributed by atoms with E-state index in [2.05, 4.69) is 31.0 Å². The molecule has 3 heteroatoms. The number of hydrogen-bond acceptors (Lipinski definition) is 2. The maximum absolute atomic E-state index is 11.7. The zero-order valence-corrected chi connectivity index (χ0v) is 11.6. The Kier molecular flexibility index (Phi) is 3.68. The summed E-state index contributed by atoms with van der Waals surface area (Å²) in [5.74, 6) is 0.160. The van der Waals surface area contributed by atoms with Gasteiger partial charge in [0.1, 0.15) is 0 Å². The van der Waals surface area contributed by atoms with Crippen LogP contribution in [-0.4, -0.2) is 36.5 Å². The van der Waals surface area contributed by atoms with Gasteiger partial charge in [-0.1, -0.05) is 41.5 Å². The Balaban J connectivity index is 2.25. The number of carbonyl (C=O) groups excluding carboxylic acids is 1. The van der Waals surface area contributed by atoms with E-state index in [1.165, 1.54) is 0 Å². The van der Waals surface area contributed by atoms with Crippen molar-refractivity contribution >= 4 is 5.91 Å². The van der Waals surface area contributed by atoms with Crippen molar-refractivity contribution in [2.24, 2.45) is 10.8 Å². The quantitative estimate of drug-likeness (QED) is 0.779. The van der Waals surface area contributed by atoms with E-state index in [1.807, 2.05) is 20.8 Å². The summed E-state index contributed by atoms with van der Waals surface area (Å²) < 4.78 is 0. The highest BCUT2D eigenvalue weighted by Gasteiger charge is 2.32. The van der Waals surface area contributed by atoms with Gasteiger partial charge in [-0.05, 0) is 5.41 Å². The number of likely N-dealkylation sites (tertiary alicyclic amines) is 1. The molecule has 1 amide bonds. The van der Waals surface area contributed by atoms with E-state index in [4.69, 9.17) is 0 Å². The first-order valence-electron chi connectivity index (χ1n) is 6.11. The average Bonchev–Trinajstić information content (AvgIpc) is 1.95. The van der Waals surface area contributed by atoms with Crippen LogP contribution in [0.4, 0.5) is 0 Å². The molecule has 16 heavy (non-hydrogen) atoms. The van der Waals surface area contributed by atoms with Gasteiger partial charge in [0.25, 0.3) is 0 Å². The number of nitrogens with one attached hydrogen (secondary N) is 1. The van der Waals surface area contributed by atoms with E-state index < -0.39 is 0 Å². The van der Waals surface area contributed by atoms with E-state index in [0.29, 0.717) is 11.5 Å². The Bertz CT molecular complexity index is 254. The third kappa shape index (κ3) is 4.12. The highest BCUT2D eigenvalue weighted by molar-refractivity contribution is 5.81. The van der Waals surface area contributed by atoms with Gasteiger partial charge in [0.05, 0.1) is 6.04 Å². The molecule has 3 nitrogen and oxygen atoms in total. The van der Waals surface area contributed by atoms with Crippen molar-refractivity contribution in [3.63, 3.8) is 0 Å². The van der Waals surface area contributed by atoms with Crippen molar-refractivity contribution in [3.05, 3.63) is 0 Å². The summed E-state index contributed by atoms with van der Waals surface area (Å²) in [5, 5.41) is 3.09. The minimum Gasteiger partial charge on any atom is -0.350 e. The molecule has 1 fully saturated rings. The minimum atomic E-state index is -0.273. The van der Waals surface area contributed by atoms with Crippen molar-refractivity contribution in [2.75, 3.05) is 19.6 Å². The van der Waals surface area contributed by atoms with Gasteiger partial charge in [0.15, 0.2) is 0 Å². The average molecular weight is 226 g/mol. The van der Waals surface area contributed by atoms with Crippen molar-refractivity contribution in [1.82, 2.24) is 10.2 Å². The number of carbonyl (C=O) groups is 1. The van der Waals surface area contributed by atoms with Crippen LogP contribution >= 0.6 is 0 Å². The Labute approximate surface area is 99.6 Å². The smallest absolute Gasteiger partial charge is 0.225 e. The maximum atomic E-state index is 11.7. The van der Waals surface area contributed by atoms with Crippen LogP contribution in [0.25, 0.3) is 0 Å². The summed E-state index contributed by atoms with van der Waals surface area (Å²) in [6, 6.07) is 0.356. The fraction of sp³-hybridized carbons (Fsp3) is 0.923. The van der Waals surface area contributed by atoms with Crippen LogP contribution in [0.5, 0.6) is 0 Å². The Morgan fingerprint density at radius 3 is 2.06 bits per heavy atom. The van der Waals surface area contributed by atoms with Crippen LogP contribution in [-0.2, 0) is 4.79 Å². The van der Waals surface area contributed by atoms with Crippen LogP contribution in [0.15, 0.2) is 0 Å². The maximum Gasteiger partial charge on any atom is 0.225 e. The molecule has 1 aliphatic rings. The molecule has 1 N–H and O–H groups in total. The van der Waals surface area contributed by atoms with E-state index in [1.54, 1.807) is 0 Å². The Hall–Kier alpha value is -0.570. The van der Waals surface area contributed by atoms with E-state index >= 15 is 0 Å². The fourth-order valence-electron chi connectivity index (χ4n) is 1.86. The second-order valence-electron chi connectivity index (χ2n) is 7.18. The Morgan fingerprint density at radius 1 is 1.19 bits per heavy atom. The number of nitrogens with zero attached hydrogens (tertiary/aromatic N) is 1. The topological polar surface area (TPSA) is 32.3 Å². The van der Waals surface area contributed by atoms with Crippen molar-refractivity contribution in [1.29, 1.82) is 0 Å². The fourth-order valence-corrected chi connectivity index (χ4v) is 1.86. The first-order chi connectivity index (χ1) is 7.08. The van der Waals surface area contributed by atoms with E-state index in [9.17, 15) is 4.79 Å². The number of hydrogen-bond donors (Lipinski definition) is 1. The lowest BCUT2D eigenvalue weighted by molar-refractivity contribution is -0.130. The monoisotopic (exact) mass is 226 g/mol. The number of rotatable bonds is 2. The lowest BCUT2D eigenvalue weighted by Crippen LogP contribution is -2.61. The van der Waals surface area contributed by atoms with Crippen LogP contribution < -0.4 is 5.32 Å². The molecule has 0 aromatic heterocycles. The van der Waals surface area contributed by atoms with E-state index in [0.717, 1.165) is 19.6 Å². The molecule has 0 saturated carbocycles. The van der Waals surface area contributed by atoms with Crippen molar-refractivity contribution in [3.8, 4) is 0 Å². The molecule has 0 bridgehead atoms. The first-order valence-corrected chi connectivity index (χ1v) is 6.11. The molecular formula is C13H26N2O. The summed E-state index contributed by atoms with van der Waals surface area (Å²) in [4.78, 5) is 14.1. The standard InChI is InChI=1S/C13H26N2O/c1-12(2,3)9-15-7-10(8-15)14-11(16)13(4,5)6/h10H,7-9H2,1-6H3,(H,14,16). The molecule has 0 aliphatic carbocycles. The molecule has 0 spiro atoms. The second kappa shape index (κ2) is 4.36. The SMILES string of the molecule is CC(C)(C)CN1CC(NC(=O)C(C)(C)C)C1. The summed E-state index contributed by atoms with van der Waals surface area (Å²) in [5.41, 5.74) is 0.0729. The summed E-state index contributed by atoms with van der Waals surface area (Å²) in [6.07, 6.45) is 0. The van der Waals surface area contributed by atoms with Gasteiger partial charge < -0.3 is 5.32 Å². The normalized spacial score (nSPS) is 19.4. The van der Waals surface area contributed by atoms with Crippen molar-refractivity contribution < 1.29 is 4.79 Å². The van der Waals surface area contributed by atoms with Gasteiger partial charge in [-0.15, -0.1) is 0 Å². The highest BCUT2D eigenvalue weighted by atomic mass is 16.2. The molecule has 0 unspecified atom stereocenters. The summed E-state index contributed by atoms with van der Waals surface area (Å²) in [6.45, 7) is 15.7. The predicted molar refractivity (Wildman–Crippen MR) is 67.3 cm³/mol.